The molecule has 1 amide bonds. The van der Waals surface area contributed by atoms with Gasteiger partial charge in [0.1, 0.15) is 5.75 Å². The van der Waals surface area contributed by atoms with E-state index >= 15 is 0 Å². The Morgan fingerprint density at radius 2 is 1.92 bits per heavy atom. The van der Waals surface area contributed by atoms with E-state index in [2.05, 4.69) is 4.98 Å². The number of methoxy groups -OCH3 is 1. The number of ether oxygens (including phenoxy) is 2. The van der Waals surface area contributed by atoms with Gasteiger partial charge >= 0.3 is 0 Å². The third-order valence-electron chi connectivity index (χ3n) is 4.60. The van der Waals surface area contributed by atoms with Crippen LogP contribution in [0, 0.1) is 13.8 Å². The van der Waals surface area contributed by atoms with Gasteiger partial charge < -0.3 is 14.4 Å². The zero-order valence-corrected chi connectivity index (χ0v) is 15.7. The zero-order chi connectivity index (χ0) is 18.5. The topological polar surface area (TPSA) is 51.7 Å². The summed E-state index contributed by atoms with van der Waals surface area (Å²) in [5, 5.41) is 0. The summed E-state index contributed by atoms with van der Waals surface area (Å²) in [6, 6.07) is 11.5. The van der Waals surface area contributed by atoms with Crippen molar-refractivity contribution in [2.45, 2.75) is 39.3 Å². The van der Waals surface area contributed by atoms with Crippen LogP contribution in [-0.2, 0) is 11.3 Å². The molecule has 1 unspecified atom stereocenters. The van der Waals surface area contributed by atoms with E-state index in [9.17, 15) is 4.79 Å². The highest BCUT2D eigenvalue weighted by Crippen LogP contribution is 2.19. The number of aromatic nitrogens is 1. The van der Waals surface area contributed by atoms with Crippen LogP contribution in [0.3, 0.4) is 0 Å². The fraction of sp³-hybridized carbons (Fsp3) is 0.429. The number of hydrogen-bond acceptors (Lipinski definition) is 4. The van der Waals surface area contributed by atoms with E-state index in [-0.39, 0.29) is 12.0 Å². The zero-order valence-electron chi connectivity index (χ0n) is 15.7. The second-order valence-electron chi connectivity index (χ2n) is 6.81. The van der Waals surface area contributed by atoms with E-state index < -0.39 is 0 Å². The number of nitrogens with zero attached hydrogens (tertiary/aromatic N) is 2. The Morgan fingerprint density at radius 3 is 2.50 bits per heavy atom. The van der Waals surface area contributed by atoms with Gasteiger partial charge in [-0.2, -0.15) is 0 Å². The monoisotopic (exact) mass is 354 g/mol. The Hall–Kier alpha value is -2.40. The quantitative estimate of drug-likeness (QED) is 0.796. The molecule has 2 heterocycles. The van der Waals surface area contributed by atoms with Gasteiger partial charge in [0.05, 0.1) is 13.2 Å². The standard InChI is InChI=1S/C21H26N2O3/c1-15-11-18(12-16(2)22-15)21(24)23(14-20-5-4-10-26-20)13-17-6-8-19(25-3)9-7-17/h6-9,11-12,20H,4-5,10,13-14H2,1-3H3. The lowest BCUT2D eigenvalue weighted by molar-refractivity contribution is 0.0507. The molecule has 26 heavy (non-hydrogen) atoms. The molecule has 0 spiro atoms. The Kier molecular flexibility index (Phi) is 5.89. The summed E-state index contributed by atoms with van der Waals surface area (Å²) in [4.78, 5) is 19.4. The summed E-state index contributed by atoms with van der Waals surface area (Å²) < 4.78 is 11.0. The first-order chi connectivity index (χ1) is 12.5. The number of aryl methyl sites for hydroxylation is 2. The highest BCUT2D eigenvalue weighted by Gasteiger charge is 2.24. The van der Waals surface area contributed by atoms with Crippen LogP contribution in [0.25, 0.3) is 0 Å². The molecule has 1 aromatic heterocycles. The van der Waals surface area contributed by atoms with Crippen LogP contribution in [-0.4, -0.2) is 42.2 Å². The van der Waals surface area contributed by atoms with Gasteiger partial charge in [0.2, 0.25) is 0 Å². The van der Waals surface area contributed by atoms with Crippen molar-refractivity contribution in [3.8, 4) is 5.75 Å². The van der Waals surface area contributed by atoms with Crippen molar-refractivity contribution < 1.29 is 14.3 Å². The summed E-state index contributed by atoms with van der Waals surface area (Å²) in [5.41, 5.74) is 3.46. The van der Waals surface area contributed by atoms with Gasteiger partial charge in [-0.15, -0.1) is 0 Å². The summed E-state index contributed by atoms with van der Waals surface area (Å²) in [6.45, 7) is 5.76. The normalized spacial score (nSPS) is 16.5. The van der Waals surface area contributed by atoms with Crippen molar-refractivity contribution in [2.75, 3.05) is 20.3 Å². The van der Waals surface area contributed by atoms with Crippen molar-refractivity contribution in [1.82, 2.24) is 9.88 Å². The molecule has 0 saturated carbocycles. The average Bonchev–Trinajstić information content (AvgIpc) is 3.13. The molecule has 1 saturated heterocycles. The van der Waals surface area contributed by atoms with Crippen LogP contribution in [0.4, 0.5) is 0 Å². The largest absolute Gasteiger partial charge is 0.497 e. The molecule has 5 nitrogen and oxygen atoms in total. The lowest BCUT2D eigenvalue weighted by Gasteiger charge is -2.26. The molecular weight excluding hydrogens is 328 g/mol. The van der Waals surface area contributed by atoms with Crippen LogP contribution < -0.4 is 4.74 Å². The minimum absolute atomic E-state index is 0.0184. The predicted octanol–water partition coefficient (Wildman–Crippen LogP) is 3.53. The molecule has 3 rings (SSSR count). The molecule has 1 aromatic carbocycles. The van der Waals surface area contributed by atoms with Gasteiger partial charge in [-0.1, -0.05) is 12.1 Å². The fourth-order valence-electron chi connectivity index (χ4n) is 3.35. The van der Waals surface area contributed by atoms with E-state index in [0.717, 1.165) is 42.1 Å². The molecule has 0 N–H and O–H groups in total. The van der Waals surface area contributed by atoms with Crippen molar-refractivity contribution in [3.05, 3.63) is 58.9 Å². The van der Waals surface area contributed by atoms with E-state index in [0.29, 0.717) is 18.7 Å². The van der Waals surface area contributed by atoms with Gasteiger partial charge in [-0.3, -0.25) is 9.78 Å². The number of benzene rings is 1. The average molecular weight is 354 g/mol. The maximum Gasteiger partial charge on any atom is 0.254 e. The lowest BCUT2D eigenvalue weighted by atomic mass is 10.1. The lowest BCUT2D eigenvalue weighted by Crippen LogP contribution is -2.37. The summed E-state index contributed by atoms with van der Waals surface area (Å²) in [6.07, 6.45) is 2.17. The van der Waals surface area contributed by atoms with Crippen LogP contribution in [0.5, 0.6) is 5.75 Å². The van der Waals surface area contributed by atoms with Crippen LogP contribution in [0.2, 0.25) is 0 Å². The smallest absolute Gasteiger partial charge is 0.254 e. The molecule has 0 bridgehead atoms. The van der Waals surface area contributed by atoms with Crippen molar-refractivity contribution in [1.29, 1.82) is 0 Å². The highest BCUT2D eigenvalue weighted by atomic mass is 16.5. The molecule has 0 radical (unpaired) electrons. The first-order valence-corrected chi connectivity index (χ1v) is 9.04. The predicted molar refractivity (Wildman–Crippen MR) is 100 cm³/mol. The highest BCUT2D eigenvalue weighted by molar-refractivity contribution is 5.94. The Morgan fingerprint density at radius 1 is 1.23 bits per heavy atom. The second-order valence-corrected chi connectivity index (χ2v) is 6.81. The first kappa shape index (κ1) is 18.4. The molecule has 1 aliphatic heterocycles. The minimum atomic E-state index is 0.0184. The number of rotatable bonds is 6. The number of carbonyl (C=O) groups excluding carboxylic acids is 1. The van der Waals surface area contributed by atoms with E-state index in [1.807, 2.05) is 55.1 Å². The maximum absolute atomic E-state index is 13.2. The van der Waals surface area contributed by atoms with Gasteiger partial charge in [-0.25, -0.2) is 0 Å². The minimum Gasteiger partial charge on any atom is -0.497 e. The summed E-state index contributed by atoms with van der Waals surface area (Å²) >= 11 is 0. The van der Waals surface area contributed by atoms with E-state index in [1.54, 1.807) is 7.11 Å². The molecule has 1 fully saturated rings. The van der Waals surface area contributed by atoms with Gasteiger partial charge in [0, 0.05) is 36.6 Å². The molecule has 2 aromatic rings. The number of pyridine rings is 1. The molecule has 138 valence electrons. The van der Waals surface area contributed by atoms with E-state index in [4.69, 9.17) is 9.47 Å². The second kappa shape index (κ2) is 8.32. The Bertz CT molecular complexity index is 732. The number of carbonyl (C=O) groups is 1. The molecule has 0 aliphatic carbocycles. The van der Waals surface area contributed by atoms with Gasteiger partial charge in [0.25, 0.3) is 5.91 Å². The van der Waals surface area contributed by atoms with Crippen LogP contribution in [0.15, 0.2) is 36.4 Å². The Balaban J connectivity index is 1.82. The number of amides is 1. The molecular formula is C21H26N2O3. The SMILES string of the molecule is COc1ccc(CN(CC2CCCO2)C(=O)c2cc(C)nc(C)c2)cc1. The van der Waals surface area contributed by atoms with Crippen molar-refractivity contribution in [3.63, 3.8) is 0 Å². The van der Waals surface area contributed by atoms with Crippen LogP contribution >= 0.6 is 0 Å². The fourth-order valence-corrected chi connectivity index (χ4v) is 3.35. The van der Waals surface area contributed by atoms with Crippen LogP contribution in [0.1, 0.15) is 40.2 Å². The third kappa shape index (κ3) is 4.61. The number of hydrogen-bond donors (Lipinski definition) is 0. The first-order valence-electron chi connectivity index (χ1n) is 9.04. The summed E-state index contributed by atoms with van der Waals surface area (Å²) in [7, 11) is 1.65. The van der Waals surface area contributed by atoms with Gasteiger partial charge in [0.15, 0.2) is 0 Å². The molecule has 5 heteroatoms. The molecule has 1 atom stereocenters. The van der Waals surface area contributed by atoms with Crippen molar-refractivity contribution in [2.24, 2.45) is 0 Å². The Labute approximate surface area is 155 Å². The maximum atomic E-state index is 13.2. The summed E-state index contributed by atoms with van der Waals surface area (Å²) in [5.74, 6) is 0.830. The third-order valence-corrected chi connectivity index (χ3v) is 4.60. The van der Waals surface area contributed by atoms with Crippen molar-refractivity contribution >= 4 is 5.91 Å². The molecule has 1 aliphatic rings. The van der Waals surface area contributed by atoms with E-state index in [1.165, 1.54) is 0 Å². The van der Waals surface area contributed by atoms with Gasteiger partial charge in [-0.05, 0) is 56.5 Å².